The van der Waals surface area contributed by atoms with Crippen LogP contribution in [0.1, 0.15) is 329 Å². The zero-order chi connectivity index (χ0) is 57.1. The molecule has 0 aliphatic rings. The summed E-state index contributed by atoms with van der Waals surface area (Å²) in [6.45, 7) is 6.40. The summed E-state index contributed by atoms with van der Waals surface area (Å²) in [5.41, 5.74) is 0. The molecule has 0 aliphatic carbocycles. The summed E-state index contributed by atoms with van der Waals surface area (Å²) in [6.07, 6.45) is 90.2. The summed E-state index contributed by atoms with van der Waals surface area (Å²) in [5, 5.41) is 0. The van der Waals surface area contributed by atoms with Gasteiger partial charge >= 0.3 is 17.9 Å². The SMILES string of the molecule is CC/C=C\C/C=C\C/C=C\C/C=C\CCCCCCCCCCCCCCCCCCCCCCCCC(=O)OCC(COC(=O)CCCCCCC/C=C\C/C=C\CCC)OC(=O)CCCCCCC/C=C\C/C=C\CCC. The Hall–Kier alpha value is -3.67. The Morgan fingerprint density at radius 3 is 0.772 bits per heavy atom. The van der Waals surface area contributed by atoms with Crippen molar-refractivity contribution < 1.29 is 28.6 Å². The second-order valence-corrected chi connectivity index (χ2v) is 22.3. The largest absolute Gasteiger partial charge is 0.462 e. The lowest BCUT2D eigenvalue weighted by Gasteiger charge is -2.18. The van der Waals surface area contributed by atoms with Gasteiger partial charge in [0.05, 0.1) is 0 Å². The third-order valence-corrected chi connectivity index (χ3v) is 14.5. The van der Waals surface area contributed by atoms with E-state index >= 15 is 0 Å². The molecule has 6 nitrogen and oxygen atoms in total. The number of allylic oxidation sites excluding steroid dienone is 16. The highest BCUT2D eigenvalue weighted by Crippen LogP contribution is 2.17. The van der Waals surface area contributed by atoms with Crippen LogP contribution in [0.25, 0.3) is 0 Å². The zero-order valence-corrected chi connectivity index (χ0v) is 52.1. The van der Waals surface area contributed by atoms with Crippen molar-refractivity contribution in [2.75, 3.05) is 13.2 Å². The third-order valence-electron chi connectivity index (χ3n) is 14.5. The van der Waals surface area contributed by atoms with Crippen molar-refractivity contribution in [3.05, 3.63) is 97.2 Å². The molecule has 0 aromatic carbocycles. The average Bonchev–Trinajstić information content (AvgIpc) is 3.45. The molecule has 0 bridgehead atoms. The molecular weight excluding hydrogens is 973 g/mol. The average molecular weight is 1100 g/mol. The van der Waals surface area contributed by atoms with Crippen LogP contribution in [0.3, 0.4) is 0 Å². The first-order valence-corrected chi connectivity index (χ1v) is 33.7. The van der Waals surface area contributed by atoms with E-state index in [1.54, 1.807) is 0 Å². The van der Waals surface area contributed by atoms with Gasteiger partial charge in [-0.05, 0) is 109 Å². The van der Waals surface area contributed by atoms with Gasteiger partial charge in [0.15, 0.2) is 6.10 Å². The van der Waals surface area contributed by atoms with Gasteiger partial charge in [0, 0.05) is 19.3 Å². The van der Waals surface area contributed by atoms with E-state index in [0.717, 1.165) is 148 Å². The standard InChI is InChI=1S/C73H126O6/c1-4-7-10-13-16-19-22-25-26-27-28-29-30-31-32-33-34-35-36-37-38-39-40-41-42-43-44-45-46-49-51-54-57-60-63-66-72(75)78-69-70(79-73(76)67-64-61-58-55-52-48-24-21-18-15-12-9-6-3)68-77-71(74)65-62-59-56-53-50-47-23-20-17-14-11-8-5-2/h7,10-12,14-16,19-21,23-26,28-29,70H,4-6,8-9,13,17-18,22,27,30-69H2,1-3H3/b10-7-,14-11-,15-12-,19-16-,23-20-,24-21-,26-25-,29-28-. The molecule has 0 amide bonds. The number of esters is 3. The molecule has 0 aromatic heterocycles. The van der Waals surface area contributed by atoms with Crippen LogP contribution in [0.2, 0.25) is 0 Å². The molecule has 0 radical (unpaired) electrons. The molecule has 0 heterocycles. The number of carbonyl (C=O) groups excluding carboxylic acids is 3. The summed E-state index contributed by atoms with van der Waals surface area (Å²) in [5.74, 6) is -0.902. The molecule has 1 atom stereocenters. The molecule has 0 saturated carbocycles. The molecule has 0 spiro atoms. The van der Waals surface area contributed by atoms with E-state index in [1.807, 2.05) is 0 Å². The minimum atomic E-state index is -0.789. The lowest BCUT2D eigenvalue weighted by atomic mass is 10.0. The first-order chi connectivity index (χ1) is 39.0. The van der Waals surface area contributed by atoms with Crippen LogP contribution in [-0.2, 0) is 28.6 Å². The number of unbranched alkanes of at least 4 members (excludes halogenated alkanes) is 34. The van der Waals surface area contributed by atoms with E-state index in [2.05, 4.69) is 118 Å². The molecule has 1 unspecified atom stereocenters. The summed E-state index contributed by atoms with van der Waals surface area (Å²) in [7, 11) is 0. The zero-order valence-electron chi connectivity index (χ0n) is 52.1. The van der Waals surface area contributed by atoms with Crippen molar-refractivity contribution in [1.29, 1.82) is 0 Å². The number of carbonyl (C=O) groups is 3. The van der Waals surface area contributed by atoms with Crippen LogP contribution >= 0.6 is 0 Å². The first-order valence-electron chi connectivity index (χ1n) is 33.7. The normalized spacial score (nSPS) is 12.7. The minimum absolute atomic E-state index is 0.0842. The predicted molar refractivity (Wildman–Crippen MR) is 344 cm³/mol. The van der Waals surface area contributed by atoms with Crippen LogP contribution in [0.5, 0.6) is 0 Å². The van der Waals surface area contributed by atoms with E-state index in [9.17, 15) is 14.4 Å². The topological polar surface area (TPSA) is 78.9 Å². The second kappa shape index (κ2) is 66.8. The van der Waals surface area contributed by atoms with E-state index in [0.29, 0.717) is 19.3 Å². The van der Waals surface area contributed by atoms with Gasteiger partial charge in [-0.25, -0.2) is 0 Å². The molecule has 0 aliphatic heterocycles. The van der Waals surface area contributed by atoms with E-state index in [1.165, 1.54) is 141 Å². The third kappa shape index (κ3) is 65.0. The highest BCUT2D eigenvalue weighted by Gasteiger charge is 2.19. The number of rotatable bonds is 61. The highest BCUT2D eigenvalue weighted by atomic mass is 16.6. The molecule has 0 rings (SSSR count). The minimum Gasteiger partial charge on any atom is -0.462 e. The van der Waals surface area contributed by atoms with Crippen LogP contribution < -0.4 is 0 Å². The quantitative estimate of drug-likeness (QED) is 0.0261. The Balaban J connectivity index is 4.06. The second-order valence-electron chi connectivity index (χ2n) is 22.3. The lowest BCUT2D eigenvalue weighted by molar-refractivity contribution is -0.167. The Kier molecular flexibility index (Phi) is 63.7. The highest BCUT2D eigenvalue weighted by molar-refractivity contribution is 5.71. The Labute approximate surface area is 489 Å². The van der Waals surface area contributed by atoms with Crippen molar-refractivity contribution in [3.63, 3.8) is 0 Å². The number of ether oxygens (including phenoxy) is 3. The van der Waals surface area contributed by atoms with Crippen molar-refractivity contribution in [2.24, 2.45) is 0 Å². The lowest BCUT2D eigenvalue weighted by Crippen LogP contribution is -2.30. The van der Waals surface area contributed by atoms with E-state index in [4.69, 9.17) is 14.2 Å². The summed E-state index contributed by atoms with van der Waals surface area (Å²) in [4.78, 5) is 38.2. The molecule has 6 heteroatoms. The molecule has 79 heavy (non-hydrogen) atoms. The maximum atomic E-state index is 12.9. The van der Waals surface area contributed by atoms with Gasteiger partial charge in [0.1, 0.15) is 13.2 Å². The molecule has 0 N–H and O–H groups in total. The van der Waals surface area contributed by atoms with Crippen LogP contribution in [-0.4, -0.2) is 37.2 Å². The van der Waals surface area contributed by atoms with Gasteiger partial charge in [-0.2, -0.15) is 0 Å². The van der Waals surface area contributed by atoms with Crippen LogP contribution in [0.15, 0.2) is 97.2 Å². The maximum absolute atomic E-state index is 12.9. The Bertz CT molecular complexity index is 1540. The summed E-state index contributed by atoms with van der Waals surface area (Å²) < 4.78 is 16.9. The van der Waals surface area contributed by atoms with Gasteiger partial charge in [-0.1, -0.05) is 298 Å². The van der Waals surface area contributed by atoms with Gasteiger partial charge in [-0.15, -0.1) is 0 Å². The fraction of sp³-hybridized carbons (Fsp3) is 0.740. The monoisotopic (exact) mass is 1100 g/mol. The summed E-state index contributed by atoms with van der Waals surface area (Å²) >= 11 is 0. The van der Waals surface area contributed by atoms with Crippen molar-refractivity contribution in [2.45, 2.75) is 335 Å². The maximum Gasteiger partial charge on any atom is 0.306 e. The molecular formula is C73H126O6. The molecule has 0 saturated heterocycles. The van der Waals surface area contributed by atoms with Gasteiger partial charge in [-0.3, -0.25) is 14.4 Å². The van der Waals surface area contributed by atoms with Gasteiger partial charge in [0.25, 0.3) is 0 Å². The van der Waals surface area contributed by atoms with Gasteiger partial charge < -0.3 is 14.2 Å². The number of hydrogen-bond acceptors (Lipinski definition) is 6. The van der Waals surface area contributed by atoms with Gasteiger partial charge in [0.2, 0.25) is 0 Å². The fourth-order valence-corrected chi connectivity index (χ4v) is 9.51. The van der Waals surface area contributed by atoms with Crippen LogP contribution in [0.4, 0.5) is 0 Å². The number of hydrogen-bond donors (Lipinski definition) is 0. The summed E-state index contributed by atoms with van der Waals surface area (Å²) in [6, 6.07) is 0. The van der Waals surface area contributed by atoms with Crippen molar-refractivity contribution >= 4 is 17.9 Å². The Morgan fingerprint density at radius 2 is 0.494 bits per heavy atom. The molecule has 0 aromatic rings. The van der Waals surface area contributed by atoms with E-state index < -0.39 is 6.10 Å². The Morgan fingerprint density at radius 1 is 0.266 bits per heavy atom. The predicted octanol–water partition coefficient (Wildman–Crippen LogP) is 23.2. The molecule has 454 valence electrons. The van der Waals surface area contributed by atoms with Crippen LogP contribution in [0, 0.1) is 0 Å². The molecule has 0 fully saturated rings. The first kappa shape index (κ1) is 75.3. The fourth-order valence-electron chi connectivity index (χ4n) is 9.51. The van der Waals surface area contributed by atoms with Crippen molar-refractivity contribution in [3.8, 4) is 0 Å². The van der Waals surface area contributed by atoms with E-state index in [-0.39, 0.29) is 31.1 Å². The smallest absolute Gasteiger partial charge is 0.306 e. The van der Waals surface area contributed by atoms with Crippen molar-refractivity contribution in [1.82, 2.24) is 0 Å².